The van der Waals surface area contributed by atoms with Crippen LogP contribution in [0.5, 0.6) is 5.75 Å². The number of ether oxygens (including phenoxy) is 1. The number of methoxy groups -OCH3 is 1. The van der Waals surface area contributed by atoms with Crippen molar-refractivity contribution in [2.45, 2.75) is 44.7 Å². The van der Waals surface area contributed by atoms with E-state index in [2.05, 4.69) is 45.0 Å². The van der Waals surface area contributed by atoms with Gasteiger partial charge in [-0.3, -0.25) is 14.5 Å². The van der Waals surface area contributed by atoms with E-state index in [9.17, 15) is 19.5 Å². The zero-order chi connectivity index (χ0) is 27.3. The van der Waals surface area contributed by atoms with Crippen LogP contribution < -0.4 is 4.74 Å². The molecule has 0 amide bonds. The molecular formula is C23H29N5O9. The number of aliphatic hydroxyl groups excluding tert-OH is 1. The van der Waals surface area contributed by atoms with E-state index >= 15 is 0 Å². The monoisotopic (exact) mass is 519 g/mol. The third-order valence-electron chi connectivity index (χ3n) is 6.01. The molecule has 0 saturated carbocycles. The maximum Gasteiger partial charge on any atom is 0.336 e. The molecule has 1 aliphatic rings. The molecule has 2 aromatic heterocycles. The average molecular weight is 520 g/mol. The van der Waals surface area contributed by atoms with E-state index in [1.54, 1.807) is 7.11 Å². The Morgan fingerprint density at radius 2 is 1.76 bits per heavy atom. The Balaban J connectivity index is 0.000000251. The van der Waals surface area contributed by atoms with Crippen molar-refractivity contribution in [3.63, 3.8) is 0 Å². The van der Waals surface area contributed by atoms with Gasteiger partial charge in [0, 0.05) is 44.3 Å². The summed E-state index contributed by atoms with van der Waals surface area (Å²) in [5.41, 5.74) is -0.268. The summed E-state index contributed by atoms with van der Waals surface area (Å²) in [7, 11) is 3.75. The number of aliphatic hydroxyl groups is 2. The van der Waals surface area contributed by atoms with Crippen molar-refractivity contribution >= 4 is 28.8 Å². The number of hydrogen-bond acceptors (Lipinski definition) is 9. The van der Waals surface area contributed by atoms with Gasteiger partial charge in [-0.15, -0.1) is 10.2 Å². The summed E-state index contributed by atoms with van der Waals surface area (Å²) in [6.07, 6.45) is -0.105. The van der Waals surface area contributed by atoms with Crippen LogP contribution in [-0.2, 0) is 47.7 Å². The Hall–Kier alpha value is -4.01. The number of carboxylic acid groups (broad SMARTS) is 3. The molecule has 0 atom stereocenters. The molecule has 4 rings (SSSR count). The predicted molar refractivity (Wildman–Crippen MR) is 127 cm³/mol. The average Bonchev–Trinajstić information content (AvgIpc) is 3.38. The predicted octanol–water partition coefficient (Wildman–Crippen LogP) is 0.0380. The van der Waals surface area contributed by atoms with E-state index in [-0.39, 0.29) is 6.61 Å². The first-order valence-corrected chi connectivity index (χ1v) is 11.2. The van der Waals surface area contributed by atoms with Gasteiger partial charge in [-0.25, -0.2) is 4.79 Å². The van der Waals surface area contributed by atoms with Crippen molar-refractivity contribution < 1.29 is 44.7 Å². The molecule has 0 unspecified atom stereocenters. The van der Waals surface area contributed by atoms with Crippen LogP contribution in [0, 0.1) is 0 Å². The lowest BCUT2D eigenvalue weighted by Gasteiger charge is -2.27. The second-order valence-electron chi connectivity index (χ2n) is 8.68. The molecule has 5 N–H and O–H groups in total. The summed E-state index contributed by atoms with van der Waals surface area (Å²) in [5.74, 6) is -2.57. The first kappa shape index (κ1) is 27.6. The normalized spacial score (nSPS) is 13.5. The third kappa shape index (κ3) is 6.41. The fourth-order valence-corrected chi connectivity index (χ4v) is 4.18. The second kappa shape index (κ2) is 11.4. The molecule has 14 heteroatoms. The van der Waals surface area contributed by atoms with Gasteiger partial charge in [-0.05, 0) is 17.7 Å². The molecule has 0 spiro atoms. The van der Waals surface area contributed by atoms with Crippen molar-refractivity contribution in [1.29, 1.82) is 0 Å². The SMILES string of the molecule is COc1ccc2c(CN3CCn4c(CO)nnc4C3)cn(C)c2c1.O=C(O)CC(O)(CC(=O)O)C(=O)O. The van der Waals surface area contributed by atoms with Gasteiger partial charge >= 0.3 is 17.9 Å². The Kier molecular flexibility index (Phi) is 8.47. The number of nitrogens with zero attached hydrogens (tertiary/aromatic N) is 5. The van der Waals surface area contributed by atoms with Crippen LogP contribution in [0.25, 0.3) is 10.9 Å². The van der Waals surface area contributed by atoms with Crippen LogP contribution in [-0.4, -0.2) is 86.9 Å². The van der Waals surface area contributed by atoms with Crippen LogP contribution >= 0.6 is 0 Å². The van der Waals surface area contributed by atoms with E-state index in [0.29, 0.717) is 5.82 Å². The standard InChI is InChI=1S/C17H21N5O2.C6H8O7/c1-20-8-12(14-4-3-13(24-2)7-15(14)20)9-21-5-6-22-16(10-21)18-19-17(22)11-23;7-3(8)1-6(13,5(11)12)2-4(9)10/h3-4,7-8,23H,5-6,9-11H2,1-2H3;13H,1-2H2,(H,7,8)(H,9,10)(H,11,12). The number of benzene rings is 1. The number of fused-ring (bicyclic) bond motifs is 2. The highest BCUT2D eigenvalue weighted by atomic mass is 16.5. The molecule has 3 aromatic rings. The number of aromatic nitrogens is 4. The van der Waals surface area contributed by atoms with Crippen LogP contribution in [0.4, 0.5) is 0 Å². The van der Waals surface area contributed by atoms with Crippen LogP contribution in [0.3, 0.4) is 0 Å². The summed E-state index contributed by atoms with van der Waals surface area (Å²) < 4.78 is 9.49. The lowest BCUT2D eigenvalue weighted by Crippen LogP contribution is -2.42. The Labute approximate surface area is 210 Å². The molecule has 1 aromatic carbocycles. The van der Waals surface area contributed by atoms with Crippen LogP contribution in [0.1, 0.15) is 30.1 Å². The first-order chi connectivity index (χ1) is 17.5. The van der Waals surface area contributed by atoms with E-state index in [1.165, 1.54) is 16.5 Å². The lowest BCUT2D eigenvalue weighted by molar-refractivity contribution is -0.170. The van der Waals surface area contributed by atoms with E-state index in [0.717, 1.165) is 37.8 Å². The van der Waals surface area contributed by atoms with Gasteiger partial charge in [0.2, 0.25) is 0 Å². The third-order valence-corrected chi connectivity index (χ3v) is 6.01. The van der Waals surface area contributed by atoms with Crippen molar-refractivity contribution in [2.24, 2.45) is 7.05 Å². The summed E-state index contributed by atoms with van der Waals surface area (Å²) >= 11 is 0. The summed E-state index contributed by atoms with van der Waals surface area (Å²) in [6, 6.07) is 6.20. The van der Waals surface area contributed by atoms with Gasteiger partial charge in [-0.1, -0.05) is 0 Å². The Bertz CT molecular complexity index is 1280. The van der Waals surface area contributed by atoms with Gasteiger partial charge in [0.05, 0.1) is 32.0 Å². The molecule has 200 valence electrons. The van der Waals surface area contributed by atoms with Crippen molar-refractivity contribution in [2.75, 3.05) is 13.7 Å². The molecular weight excluding hydrogens is 490 g/mol. The van der Waals surface area contributed by atoms with Gasteiger partial charge in [0.25, 0.3) is 0 Å². The van der Waals surface area contributed by atoms with E-state index in [1.807, 2.05) is 10.6 Å². The fraction of sp³-hybridized carbons (Fsp3) is 0.435. The minimum Gasteiger partial charge on any atom is -0.497 e. The molecule has 0 radical (unpaired) electrons. The van der Waals surface area contributed by atoms with Crippen molar-refractivity contribution in [3.8, 4) is 5.75 Å². The van der Waals surface area contributed by atoms with Gasteiger partial charge < -0.3 is 39.4 Å². The highest BCUT2D eigenvalue weighted by Gasteiger charge is 2.40. The molecule has 3 heterocycles. The zero-order valence-corrected chi connectivity index (χ0v) is 20.4. The molecule has 0 aliphatic carbocycles. The van der Waals surface area contributed by atoms with Gasteiger partial charge in [0.15, 0.2) is 11.4 Å². The van der Waals surface area contributed by atoms with Crippen molar-refractivity contribution in [3.05, 3.63) is 41.6 Å². The van der Waals surface area contributed by atoms with Gasteiger partial charge in [0.1, 0.15) is 18.2 Å². The topological polar surface area (TPSA) is 200 Å². The number of aryl methyl sites for hydroxylation is 1. The van der Waals surface area contributed by atoms with Crippen LogP contribution in [0.2, 0.25) is 0 Å². The molecule has 0 bridgehead atoms. The molecule has 0 fully saturated rings. The zero-order valence-electron chi connectivity index (χ0n) is 20.4. The molecule has 14 nitrogen and oxygen atoms in total. The highest BCUT2D eigenvalue weighted by Crippen LogP contribution is 2.27. The molecule has 37 heavy (non-hydrogen) atoms. The van der Waals surface area contributed by atoms with E-state index < -0.39 is 36.4 Å². The number of rotatable bonds is 9. The molecule has 0 saturated heterocycles. The number of carboxylic acids is 3. The Morgan fingerprint density at radius 1 is 1.08 bits per heavy atom. The highest BCUT2D eigenvalue weighted by molar-refractivity contribution is 5.88. The van der Waals surface area contributed by atoms with Gasteiger partial charge in [-0.2, -0.15) is 0 Å². The second-order valence-corrected chi connectivity index (χ2v) is 8.68. The largest absolute Gasteiger partial charge is 0.497 e. The summed E-state index contributed by atoms with van der Waals surface area (Å²) in [5, 5.41) is 52.6. The maximum absolute atomic E-state index is 10.3. The Morgan fingerprint density at radius 3 is 2.32 bits per heavy atom. The fourth-order valence-electron chi connectivity index (χ4n) is 4.18. The molecule has 1 aliphatic heterocycles. The quantitative estimate of drug-likeness (QED) is 0.254. The van der Waals surface area contributed by atoms with E-state index in [4.69, 9.17) is 25.2 Å². The van der Waals surface area contributed by atoms with Crippen LogP contribution in [0.15, 0.2) is 24.4 Å². The first-order valence-electron chi connectivity index (χ1n) is 11.2. The number of carbonyl (C=O) groups is 3. The minimum atomic E-state index is -2.74. The lowest BCUT2D eigenvalue weighted by atomic mass is 9.96. The minimum absolute atomic E-state index is 0.0574. The maximum atomic E-state index is 10.3. The number of hydrogen-bond donors (Lipinski definition) is 5. The number of aliphatic carboxylic acids is 3. The van der Waals surface area contributed by atoms with Crippen molar-refractivity contribution in [1.82, 2.24) is 24.2 Å². The summed E-state index contributed by atoms with van der Waals surface area (Å²) in [6.45, 7) is 3.30. The summed E-state index contributed by atoms with van der Waals surface area (Å²) in [4.78, 5) is 32.9. The smallest absolute Gasteiger partial charge is 0.336 e.